The summed E-state index contributed by atoms with van der Waals surface area (Å²) in [6.07, 6.45) is 55.7. The fourth-order valence-electron chi connectivity index (χ4n) is 11.1. The van der Waals surface area contributed by atoms with Crippen molar-refractivity contribution in [3.8, 4) is 0 Å². The molecule has 1 rings (SSSR count). The van der Waals surface area contributed by atoms with Crippen molar-refractivity contribution in [2.45, 2.75) is 384 Å². The van der Waals surface area contributed by atoms with Crippen molar-refractivity contribution in [1.29, 1.82) is 0 Å². The third-order valence-corrected chi connectivity index (χ3v) is 16.6. The Balaban J connectivity index is 2.20. The van der Waals surface area contributed by atoms with Gasteiger partial charge in [-0.1, -0.05) is 322 Å². The fourth-order valence-corrected chi connectivity index (χ4v) is 11.6. The molecule has 0 saturated carbocycles. The summed E-state index contributed by atoms with van der Waals surface area (Å²) in [4.78, 5) is 13.2. The molecule has 1 heterocycles. The molecule has 0 spiro atoms. The number of carbonyl (C=O) groups is 1. The van der Waals surface area contributed by atoms with E-state index < -0.39 is 59.9 Å². The number of hydrogen-bond acceptors (Lipinski definition) is 10. The van der Waals surface area contributed by atoms with E-state index in [1.165, 1.54) is 263 Å². The number of amides is 1. The second-order valence-corrected chi connectivity index (χ2v) is 24.5. The van der Waals surface area contributed by atoms with Crippen LogP contribution in [0.3, 0.4) is 0 Å². The van der Waals surface area contributed by atoms with E-state index in [4.69, 9.17) is 9.47 Å². The van der Waals surface area contributed by atoms with Crippen molar-refractivity contribution in [3.63, 3.8) is 0 Å². The number of carbonyl (C=O) groups excluding carboxylic acids is 1. The highest BCUT2D eigenvalue weighted by molar-refractivity contribution is 7.80. The minimum Gasteiger partial charge on any atom is -0.394 e. The number of aliphatic hydroxyl groups is 4. The Morgan fingerprint density at radius 1 is 0.474 bits per heavy atom. The first-order chi connectivity index (χ1) is 37.0. The quantitative estimate of drug-likeness (QED) is 0.0251. The van der Waals surface area contributed by atoms with Gasteiger partial charge in [0, 0.05) is 6.42 Å². The predicted octanol–water partition coefficient (Wildman–Crippen LogP) is 16.4. The van der Waals surface area contributed by atoms with Gasteiger partial charge in [-0.25, -0.2) is 4.18 Å². The van der Waals surface area contributed by atoms with Gasteiger partial charge >= 0.3 is 10.4 Å². The normalized spacial score (nSPS) is 18.9. The Kier molecular flexibility index (Phi) is 51.4. The van der Waals surface area contributed by atoms with Crippen LogP contribution in [-0.2, 0) is 28.9 Å². The predicted molar refractivity (Wildman–Crippen MR) is 315 cm³/mol. The van der Waals surface area contributed by atoms with E-state index in [1.54, 1.807) is 0 Å². The molecular formula is C63H125NO11S. The van der Waals surface area contributed by atoms with Crippen LogP contribution in [0.5, 0.6) is 0 Å². The SMILES string of the molecule is CCCCCCCCCCCCCCCCCCCCCCCCCCCCCCCCCCC(=O)NC(COC1OC(CO)C(O)C(OS(=O)(=O)O)C1O)C(O)CCCCCCCCCCCCCCCCCCC. The van der Waals surface area contributed by atoms with Gasteiger partial charge in [0.15, 0.2) is 6.29 Å². The third-order valence-electron chi connectivity index (χ3n) is 16.2. The Morgan fingerprint density at radius 3 is 1.05 bits per heavy atom. The summed E-state index contributed by atoms with van der Waals surface area (Å²) in [5.74, 6) is -0.220. The van der Waals surface area contributed by atoms with Crippen molar-refractivity contribution >= 4 is 16.3 Å². The van der Waals surface area contributed by atoms with E-state index >= 15 is 0 Å². The van der Waals surface area contributed by atoms with Crippen LogP contribution in [-0.4, -0.2) is 95.4 Å². The van der Waals surface area contributed by atoms with Gasteiger partial charge < -0.3 is 35.2 Å². The highest BCUT2D eigenvalue weighted by Crippen LogP contribution is 2.27. The first-order valence-corrected chi connectivity index (χ1v) is 34.3. The molecule has 0 aromatic heterocycles. The minimum atomic E-state index is -5.08. The van der Waals surface area contributed by atoms with Gasteiger partial charge in [0.05, 0.1) is 25.4 Å². The van der Waals surface area contributed by atoms with Gasteiger partial charge in [-0.3, -0.25) is 9.35 Å². The number of nitrogens with one attached hydrogen (secondary N) is 1. The van der Waals surface area contributed by atoms with Crippen LogP contribution in [0, 0.1) is 0 Å². The van der Waals surface area contributed by atoms with Crippen LogP contribution in [0.4, 0.5) is 0 Å². The molecule has 0 bridgehead atoms. The van der Waals surface area contributed by atoms with Gasteiger partial charge in [-0.2, -0.15) is 8.42 Å². The summed E-state index contributed by atoms with van der Waals surface area (Å²) in [7, 11) is -5.08. The first kappa shape index (κ1) is 73.1. The molecule has 0 aromatic carbocycles. The molecule has 7 unspecified atom stereocenters. The minimum absolute atomic E-state index is 0.220. The third kappa shape index (κ3) is 44.8. The number of rotatable bonds is 59. The van der Waals surface area contributed by atoms with E-state index in [1.807, 2.05) is 0 Å². The van der Waals surface area contributed by atoms with Crippen LogP contribution in [0.2, 0.25) is 0 Å². The molecule has 1 aliphatic heterocycles. The summed E-state index contributed by atoms with van der Waals surface area (Å²) in [5, 5.41) is 45.2. The van der Waals surface area contributed by atoms with Crippen LogP contribution in [0.25, 0.3) is 0 Å². The summed E-state index contributed by atoms with van der Waals surface area (Å²) in [6.45, 7) is 3.52. The van der Waals surface area contributed by atoms with Crippen molar-refractivity contribution in [1.82, 2.24) is 5.32 Å². The zero-order valence-electron chi connectivity index (χ0n) is 49.6. The number of aliphatic hydroxyl groups excluding tert-OH is 4. The molecule has 1 amide bonds. The highest BCUT2D eigenvalue weighted by atomic mass is 32.3. The zero-order chi connectivity index (χ0) is 55.4. The largest absolute Gasteiger partial charge is 0.397 e. The molecule has 0 aromatic rings. The Hall–Kier alpha value is -0.900. The Labute approximate surface area is 468 Å². The number of hydrogen-bond donors (Lipinski definition) is 6. The number of ether oxygens (including phenoxy) is 2. The summed E-state index contributed by atoms with van der Waals surface area (Å²) in [5.41, 5.74) is 0. The molecule has 7 atom stereocenters. The molecule has 12 nitrogen and oxygen atoms in total. The first-order valence-electron chi connectivity index (χ1n) is 32.9. The summed E-state index contributed by atoms with van der Waals surface area (Å²) >= 11 is 0. The molecule has 1 saturated heterocycles. The topological polar surface area (TPSA) is 192 Å². The lowest BCUT2D eigenvalue weighted by atomic mass is 9.99. The molecule has 0 radical (unpaired) electrons. The molecule has 1 fully saturated rings. The Bertz CT molecular complexity index is 1340. The molecule has 76 heavy (non-hydrogen) atoms. The van der Waals surface area contributed by atoms with Gasteiger partial charge in [-0.05, 0) is 12.8 Å². The van der Waals surface area contributed by atoms with Gasteiger partial charge in [0.25, 0.3) is 0 Å². The van der Waals surface area contributed by atoms with Gasteiger partial charge in [0.1, 0.15) is 24.4 Å². The standard InChI is InChI=1S/C63H125NO11S/c1-3-5-7-9-11-13-15-17-19-21-22-23-24-25-26-27-28-29-30-31-32-33-34-35-37-39-41-43-45-47-49-51-53-59(67)64-56(55-73-63-61(69)62(75-76(70,71)72)60(68)58(54-65)74-63)57(66)52-50-48-46-44-42-40-38-36-20-18-16-14-12-10-8-6-4-2/h56-58,60-63,65-66,68-69H,3-55H2,1-2H3,(H,64,67)(H,70,71,72). The smallest absolute Gasteiger partial charge is 0.394 e. The van der Waals surface area contributed by atoms with Crippen LogP contribution >= 0.6 is 0 Å². The monoisotopic (exact) mass is 1100 g/mol. The molecule has 454 valence electrons. The van der Waals surface area contributed by atoms with Gasteiger partial charge in [-0.15, -0.1) is 0 Å². The van der Waals surface area contributed by atoms with E-state index in [0.29, 0.717) is 12.8 Å². The lowest BCUT2D eigenvalue weighted by molar-refractivity contribution is -0.298. The second kappa shape index (κ2) is 53.4. The highest BCUT2D eigenvalue weighted by Gasteiger charge is 2.48. The van der Waals surface area contributed by atoms with Crippen molar-refractivity contribution in [2.75, 3.05) is 13.2 Å². The number of unbranched alkanes of at least 4 members (excludes halogenated alkanes) is 47. The van der Waals surface area contributed by atoms with Gasteiger partial charge in [0.2, 0.25) is 5.91 Å². The molecule has 13 heteroatoms. The zero-order valence-corrected chi connectivity index (χ0v) is 50.4. The van der Waals surface area contributed by atoms with E-state index in [2.05, 4.69) is 23.3 Å². The average molecular weight is 1100 g/mol. The maximum atomic E-state index is 13.2. The second-order valence-electron chi connectivity index (χ2n) is 23.4. The van der Waals surface area contributed by atoms with Crippen molar-refractivity contribution in [2.24, 2.45) is 0 Å². The lowest BCUT2D eigenvalue weighted by Gasteiger charge is -2.41. The molecule has 6 N–H and O–H groups in total. The molecular weight excluding hydrogens is 979 g/mol. The van der Waals surface area contributed by atoms with E-state index in [-0.39, 0.29) is 12.5 Å². The molecule has 1 aliphatic rings. The van der Waals surface area contributed by atoms with Crippen LogP contribution in [0.15, 0.2) is 0 Å². The lowest BCUT2D eigenvalue weighted by Crippen LogP contribution is -2.61. The van der Waals surface area contributed by atoms with E-state index in [9.17, 15) is 38.2 Å². The van der Waals surface area contributed by atoms with Crippen LogP contribution < -0.4 is 5.32 Å². The fraction of sp³-hybridized carbons (Fsp3) is 0.984. The van der Waals surface area contributed by atoms with E-state index in [0.717, 1.165) is 51.4 Å². The maximum Gasteiger partial charge on any atom is 0.397 e. The summed E-state index contributed by atoms with van der Waals surface area (Å²) < 4.78 is 48.0. The van der Waals surface area contributed by atoms with Crippen molar-refractivity contribution in [3.05, 3.63) is 0 Å². The van der Waals surface area contributed by atoms with Crippen molar-refractivity contribution < 1.29 is 51.8 Å². The maximum absolute atomic E-state index is 13.2. The Morgan fingerprint density at radius 2 is 0.763 bits per heavy atom. The molecule has 0 aliphatic carbocycles. The average Bonchev–Trinajstić information content (AvgIpc) is 3.40. The summed E-state index contributed by atoms with van der Waals surface area (Å²) in [6, 6.07) is -0.854. The van der Waals surface area contributed by atoms with Crippen LogP contribution in [0.1, 0.15) is 341 Å².